The maximum Gasteiger partial charge on any atom is 0.233 e. The van der Waals surface area contributed by atoms with Crippen molar-refractivity contribution in [2.24, 2.45) is 23.0 Å². The number of carbonyl (C=O) groups excluding carboxylic acids is 2. The van der Waals surface area contributed by atoms with Crippen LogP contribution in [0.25, 0.3) is 0 Å². The van der Waals surface area contributed by atoms with Crippen LogP contribution in [0.3, 0.4) is 0 Å². The first kappa shape index (κ1) is 36.1. The average Bonchev–Trinajstić information content (AvgIpc) is 3.01. The summed E-state index contributed by atoms with van der Waals surface area (Å²) in [6, 6.07) is -1.38. The van der Waals surface area contributed by atoms with Crippen molar-refractivity contribution in [3.63, 3.8) is 0 Å². The molecule has 0 aromatic heterocycles. The minimum absolute atomic E-state index is 0.0412. The zero-order valence-corrected chi connectivity index (χ0v) is 28.4. The Morgan fingerprint density at radius 2 is 1.71 bits per heavy atom. The molecule has 45 heavy (non-hydrogen) atoms. The fraction of sp³-hybridized carbons (Fsp3) is 0.909. The maximum absolute atomic E-state index is 15.7. The number of piperazine rings is 1. The third kappa shape index (κ3) is 9.00. The van der Waals surface area contributed by atoms with E-state index in [9.17, 15) is 9.59 Å². The Bertz CT molecular complexity index is 1000. The Hall–Kier alpha value is -1.73. The van der Waals surface area contributed by atoms with Crippen LogP contribution in [0.15, 0.2) is 0 Å². The number of amides is 2. The summed E-state index contributed by atoms with van der Waals surface area (Å²) in [7, 11) is 0. The predicted octanol–water partition coefficient (Wildman–Crippen LogP) is 1.23. The van der Waals surface area contributed by atoms with Gasteiger partial charge in [-0.2, -0.15) is 0 Å². The van der Waals surface area contributed by atoms with Gasteiger partial charge in [0.05, 0.1) is 18.2 Å². The Balaban J connectivity index is 1.49. The normalized spacial score (nSPS) is 35.0. The highest BCUT2D eigenvalue weighted by Crippen LogP contribution is 2.32. The van der Waals surface area contributed by atoms with E-state index in [4.69, 9.17) is 5.73 Å². The number of nitrogens with zero attached hydrogens (tertiary/aromatic N) is 3. The van der Waals surface area contributed by atoms with Crippen molar-refractivity contribution in [3.8, 4) is 0 Å². The monoisotopic (exact) mass is 639 g/mol. The molecule has 258 valence electrons. The fourth-order valence-corrected chi connectivity index (χ4v) is 8.24. The van der Waals surface area contributed by atoms with Gasteiger partial charge in [0.2, 0.25) is 11.8 Å². The van der Waals surface area contributed by atoms with Crippen LogP contribution >= 0.6 is 0 Å². The lowest BCUT2D eigenvalue weighted by atomic mass is 9.77. The van der Waals surface area contributed by atoms with Crippen LogP contribution in [0.2, 0.25) is 0 Å². The number of hydrogen-bond acceptors (Lipinski definition) is 7. The van der Waals surface area contributed by atoms with Gasteiger partial charge in [-0.25, -0.2) is 13.4 Å². The zero-order valence-electron chi connectivity index (χ0n) is 28.4. The number of rotatable bonds is 8. The molecule has 4 aliphatic heterocycles. The summed E-state index contributed by atoms with van der Waals surface area (Å²) in [5.41, 5.74) is 6.74. The van der Waals surface area contributed by atoms with E-state index in [0.717, 1.165) is 39.0 Å². The molecule has 0 saturated carbocycles. The average molecular weight is 640 g/mol. The molecular formula is C33H61F2N8O2+. The minimum Gasteiger partial charge on any atom is -0.350 e. The maximum atomic E-state index is 15.7. The molecule has 3 saturated heterocycles. The van der Waals surface area contributed by atoms with E-state index >= 15 is 8.78 Å². The van der Waals surface area contributed by atoms with Gasteiger partial charge in [-0.1, -0.05) is 27.2 Å². The van der Waals surface area contributed by atoms with Crippen LogP contribution in [-0.4, -0.2) is 134 Å². The number of likely N-dealkylation sites (tertiary alicyclic amines) is 1. The van der Waals surface area contributed by atoms with Crippen molar-refractivity contribution in [3.05, 3.63) is 0 Å². The zero-order chi connectivity index (χ0) is 32.7. The number of alkyl halides is 2. The lowest BCUT2D eigenvalue weighted by Gasteiger charge is -2.46. The lowest BCUT2D eigenvalue weighted by molar-refractivity contribution is -0.563. The number of piperidine rings is 2. The summed E-state index contributed by atoms with van der Waals surface area (Å²) >= 11 is 0. The van der Waals surface area contributed by atoms with Gasteiger partial charge in [-0.15, -0.1) is 0 Å². The quantitative estimate of drug-likeness (QED) is 0.254. The molecule has 6 N–H and O–H groups in total. The molecule has 8 atom stereocenters. The highest BCUT2D eigenvalue weighted by molar-refractivity contribution is 5.80. The van der Waals surface area contributed by atoms with E-state index in [1.54, 1.807) is 6.21 Å². The van der Waals surface area contributed by atoms with E-state index < -0.39 is 36.5 Å². The number of carbonyl (C=O) groups is 2. The van der Waals surface area contributed by atoms with Gasteiger partial charge in [0.15, 0.2) is 18.4 Å². The third-order valence-electron chi connectivity index (χ3n) is 11.0. The molecule has 0 aliphatic carbocycles. The van der Waals surface area contributed by atoms with Crippen molar-refractivity contribution in [1.82, 2.24) is 31.1 Å². The number of nitrogens with two attached hydrogens (primary N) is 1. The van der Waals surface area contributed by atoms with E-state index in [1.165, 1.54) is 0 Å². The van der Waals surface area contributed by atoms with Gasteiger partial charge in [-0.05, 0) is 64.5 Å². The molecule has 12 heteroatoms. The van der Waals surface area contributed by atoms with Gasteiger partial charge in [0.1, 0.15) is 18.6 Å². The fourth-order valence-electron chi connectivity index (χ4n) is 8.24. The second-order valence-electron chi connectivity index (χ2n) is 14.5. The van der Waals surface area contributed by atoms with E-state index in [1.807, 2.05) is 23.3 Å². The molecule has 0 spiro atoms. The first-order valence-electron chi connectivity index (χ1n) is 17.6. The highest BCUT2D eigenvalue weighted by Gasteiger charge is 2.45. The lowest BCUT2D eigenvalue weighted by Crippen LogP contribution is -2.68. The molecule has 0 radical (unpaired) electrons. The number of nitrogens with one attached hydrogen (secondary N) is 4. The van der Waals surface area contributed by atoms with Crippen LogP contribution in [-0.2, 0) is 9.59 Å². The van der Waals surface area contributed by atoms with Crippen molar-refractivity contribution in [1.29, 1.82) is 0 Å². The molecule has 4 rings (SSSR count). The van der Waals surface area contributed by atoms with E-state index in [-0.39, 0.29) is 41.8 Å². The van der Waals surface area contributed by atoms with Gasteiger partial charge in [0.25, 0.3) is 0 Å². The van der Waals surface area contributed by atoms with Crippen LogP contribution in [0.1, 0.15) is 73.1 Å². The Morgan fingerprint density at radius 3 is 2.36 bits per heavy atom. The van der Waals surface area contributed by atoms with E-state index in [0.29, 0.717) is 51.9 Å². The molecule has 10 nitrogen and oxygen atoms in total. The number of hydrogen-bond donors (Lipinski definition) is 5. The van der Waals surface area contributed by atoms with Crippen molar-refractivity contribution < 1.29 is 22.9 Å². The molecule has 4 heterocycles. The Kier molecular flexibility index (Phi) is 13.2. The summed E-state index contributed by atoms with van der Waals surface area (Å²) in [5.74, 6) is -0.759. The number of halogens is 2. The Morgan fingerprint density at radius 1 is 1.02 bits per heavy atom. The third-order valence-corrected chi connectivity index (χ3v) is 11.0. The topological polar surface area (TPSA) is 118 Å². The molecule has 2 amide bonds. The van der Waals surface area contributed by atoms with Gasteiger partial charge in [-0.3, -0.25) is 19.8 Å². The SMILES string of the molecule is CCCC(C)(C)C1CCC(F)C=[N+](CC)C(C)C(C(=O)NC2CNCC(F)C2N2CCC(C(=O)N3CCNCC3)CC2)C(N)N1. The second-order valence-corrected chi connectivity index (χ2v) is 14.5. The van der Waals surface area contributed by atoms with Crippen molar-refractivity contribution in [2.45, 2.75) is 116 Å². The molecule has 3 fully saturated rings. The smallest absolute Gasteiger partial charge is 0.233 e. The molecule has 0 aromatic rings. The first-order chi connectivity index (χ1) is 21.5. The van der Waals surface area contributed by atoms with Crippen LogP contribution in [0.5, 0.6) is 0 Å². The summed E-state index contributed by atoms with van der Waals surface area (Å²) in [6.45, 7) is 16.0. The molecular weight excluding hydrogens is 578 g/mol. The highest BCUT2D eigenvalue weighted by atomic mass is 19.1. The van der Waals surface area contributed by atoms with Crippen LogP contribution in [0, 0.1) is 17.3 Å². The summed E-state index contributed by atoms with van der Waals surface area (Å²) in [4.78, 5) is 31.5. The summed E-state index contributed by atoms with van der Waals surface area (Å²) in [6.07, 6.45) is 3.02. The van der Waals surface area contributed by atoms with Gasteiger partial charge < -0.3 is 26.6 Å². The second kappa shape index (κ2) is 16.4. The van der Waals surface area contributed by atoms with Gasteiger partial charge >= 0.3 is 0 Å². The van der Waals surface area contributed by atoms with Crippen molar-refractivity contribution in [2.75, 3.05) is 58.9 Å². The Labute approximate surface area is 269 Å². The molecule has 8 unspecified atom stereocenters. The summed E-state index contributed by atoms with van der Waals surface area (Å²) in [5, 5.41) is 13.2. The first-order valence-corrected chi connectivity index (χ1v) is 17.6. The summed E-state index contributed by atoms with van der Waals surface area (Å²) < 4.78 is 32.8. The predicted molar refractivity (Wildman–Crippen MR) is 175 cm³/mol. The van der Waals surface area contributed by atoms with Crippen LogP contribution < -0.4 is 27.0 Å². The largest absolute Gasteiger partial charge is 0.350 e. The standard InChI is InChI=1S/C33H60F2N8O2/c1-6-12-33(4,5)27-9-8-24(34)21-41(7-2)22(3)28(30(36)40-27)31(44)39-26-20-38-19-25(35)29(26)42-15-10-23(11-16-42)32(45)43-17-13-37-14-18-43/h21-30,37-38,40H,6-20,36H2,1-5H3/p+1. The van der Waals surface area contributed by atoms with Crippen molar-refractivity contribution >= 4 is 18.0 Å². The molecule has 0 bridgehead atoms. The van der Waals surface area contributed by atoms with Gasteiger partial charge in [0, 0.05) is 51.2 Å². The molecule has 0 aromatic carbocycles. The minimum atomic E-state index is -1.16. The van der Waals surface area contributed by atoms with E-state index in [2.05, 4.69) is 46.9 Å². The van der Waals surface area contributed by atoms with Crippen LogP contribution in [0.4, 0.5) is 8.78 Å². The molecule has 4 aliphatic rings.